The molecule has 0 saturated carbocycles. The highest BCUT2D eigenvalue weighted by molar-refractivity contribution is 7.20. The van der Waals surface area contributed by atoms with Gasteiger partial charge in [0.2, 0.25) is 0 Å². The van der Waals surface area contributed by atoms with E-state index in [1.807, 2.05) is 0 Å². The second kappa shape index (κ2) is 6.85. The molecule has 0 radical (unpaired) electrons. The van der Waals surface area contributed by atoms with Crippen molar-refractivity contribution in [2.24, 2.45) is 11.7 Å². The van der Waals surface area contributed by atoms with Gasteiger partial charge in [0.25, 0.3) is 11.6 Å². The summed E-state index contributed by atoms with van der Waals surface area (Å²) in [5, 5.41) is 14.4. The van der Waals surface area contributed by atoms with Crippen LogP contribution in [0.3, 0.4) is 0 Å². The predicted molar refractivity (Wildman–Crippen MR) is 88.2 cm³/mol. The highest BCUT2D eigenvalue weighted by Crippen LogP contribution is 2.29. The van der Waals surface area contributed by atoms with E-state index in [1.165, 1.54) is 23.5 Å². The standard InChI is InChI=1S/C15H19N3O3S/c1-9(2)5-11(8-16)17-15(19)14-7-10-6-12(18(20)21)3-4-13(10)22-14/h3-4,6-7,9,11H,5,8,16H2,1-2H3,(H,17,19). The molecule has 6 nitrogen and oxygen atoms in total. The average molecular weight is 321 g/mol. The first-order valence-electron chi connectivity index (χ1n) is 7.09. The molecule has 1 unspecified atom stereocenters. The van der Waals surface area contributed by atoms with Crippen LogP contribution in [0.1, 0.15) is 29.9 Å². The van der Waals surface area contributed by atoms with Crippen LogP contribution in [-0.4, -0.2) is 23.4 Å². The number of benzene rings is 1. The number of fused-ring (bicyclic) bond motifs is 1. The van der Waals surface area contributed by atoms with Gasteiger partial charge in [0.15, 0.2) is 0 Å². The van der Waals surface area contributed by atoms with Crippen molar-refractivity contribution in [2.45, 2.75) is 26.3 Å². The second-order valence-corrected chi connectivity index (χ2v) is 6.71. The smallest absolute Gasteiger partial charge is 0.270 e. The van der Waals surface area contributed by atoms with Crippen LogP contribution in [0.2, 0.25) is 0 Å². The third-order valence-electron chi connectivity index (χ3n) is 3.31. The number of amides is 1. The van der Waals surface area contributed by atoms with Crippen LogP contribution in [0, 0.1) is 16.0 Å². The Bertz CT molecular complexity index is 696. The van der Waals surface area contributed by atoms with Gasteiger partial charge in [0.1, 0.15) is 0 Å². The van der Waals surface area contributed by atoms with Gasteiger partial charge in [-0.05, 0) is 24.5 Å². The van der Waals surface area contributed by atoms with Gasteiger partial charge in [-0.1, -0.05) is 13.8 Å². The van der Waals surface area contributed by atoms with Gasteiger partial charge in [0.05, 0.1) is 9.80 Å². The molecule has 7 heteroatoms. The van der Waals surface area contributed by atoms with E-state index in [0.717, 1.165) is 11.1 Å². The number of nitro groups is 1. The largest absolute Gasteiger partial charge is 0.347 e. The van der Waals surface area contributed by atoms with Crippen LogP contribution in [-0.2, 0) is 0 Å². The number of hydrogen-bond acceptors (Lipinski definition) is 5. The maximum absolute atomic E-state index is 12.3. The fraction of sp³-hybridized carbons (Fsp3) is 0.400. The fourth-order valence-corrected chi connectivity index (χ4v) is 3.24. The van der Waals surface area contributed by atoms with Crippen molar-refractivity contribution >= 4 is 33.0 Å². The van der Waals surface area contributed by atoms with E-state index in [2.05, 4.69) is 19.2 Å². The van der Waals surface area contributed by atoms with Crippen LogP contribution in [0.4, 0.5) is 5.69 Å². The molecule has 1 atom stereocenters. The van der Waals surface area contributed by atoms with Gasteiger partial charge >= 0.3 is 0 Å². The quantitative estimate of drug-likeness (QED) is 0.631. The maximum Gasteiger partial charge on any atom is 0.270 e. The van der Waals surface area contributed by atoms with E-state index in [4.69, 9.17) is 5.73 Å². The van der Waals surface area contributed by atoms with Gasteiger partial charge in [-0.25, -0.2) is 0 Å². The summed E-state index contributed by atoms with van der Waals surface area (Å²) in [6, 6.07) is 6.22. The molecule has 2 rings (SSSR count). The summed E-state index contributed by atoms with van der Waals surface area (Å²) in [6.45, 7) is 4.54. The molecule has 3 N–H and O–H groups in total. The van der Waals surface area contributed by atoms with Crippen molar-refractivity contribution < 1.29 is 9.72 Å². The lowest BCUT2D eigenvalue weighted by molar-refractivity contribution is -0.384. The summed E-state index contributed by atoms with van der Waals surface area (Å²) >= 11 is 1.32. The van der Waals surface area contributed by atoms with E-state index in [1.54, 1.807) is 12.1 Å². The number of nitrogens with zero attached hydrogens (tertiary/aromatic N) is 1. The summed E-state index contributed by atoms with van der Waals surface area (Å²) in [6.07, 6.45) is 0.818. The van der Waals surface area contributed by atoms with Crippen molar-refractivity contribution in [2.75, 3.05) is 6.54 Å². The first-order chi connectivity index (χ1) is 10.4. The minimum absolute atomic E-state index is 0.0249. The van der Waals surface area contributed by atoms with Crippen LogP contribution in [0.15, 0.2) is 24.3 Å². The number of carbonyl (C=O) groups excluding carboxylic acids is 1. The molecule has 0 aliphatic carbocycles. The lowest BCUT2D eigenvalue weighted by Gasteiger charge is -2.18. The summed E-state index contributed by atoms with van der Waals surface area (Å²) in [5.74, 6) is 0.263. The van der Waals surface area contributed by atoms with E-state index in [0.29, 0.717) is 22.7 Å². The Morgan fingerprint density at radius 2 is 2.14 bits per heavy atom. The molecule has 2 aromatic rings. The van der Waals surface area contributed by atoms with E-state index in [-0.39, 0.29) is 17.6 Å². The molecule has 0 saturated heterocycles. The molecule has 0 fully saturated rings. The molecule has 1 aromatic carbocycles. The first kappa shape index (κ1) is 16.4. The Hall–Kier alpha value is -1.99. The molecule has 0 bridgehead atoms. The van der Waals surface area contributed by atoms with Crippen molar-refractivity contribution in [1.82, 2.24) is 5.32 Å². The number of nitrogens with one attached hydrogen (secondary N) is 1. The Morgan fingerprint density at radius 3 is 2.73 bits per heavy atom. The van der Waals surface area contributed by atoms with Gasteiger partial charge in [-0.15, -0.1) is 11.3 Å². The number of nitro benzene ring substituents is 1. The number of thiophene rings is 1. The molecule has 1 heterocycles. The van der Waals surface area contributed by atoms with Crippen molar-refractivity contribution in [1.29, 1.82) is 0 Å². The van der Waals surface area contributed by atoms with Crippen LogP contribution in [0.25, 0.3) is 10.1 Å². The summed E-state index contributed by atoms with van der Waals surface area (Å²) < 4.78 is 0.851. The lowest BCUT2D eigenvalue weighted by atomic mass is 10.0. The van der Waals surface area contributed by atoms with E-state index >= 15 is 0 Å². The molecule has 0 aliphatic rings. The van der Waals surface area contributed by atoms with E-state index < -0.39 is 4.92 Å². The third kappa shape index (κ3) is 3.80. The Kier molecular flexibility index (Phi) is 5.10. The molecular formula is C15H19N3O3S. The van der Waals surface area contributed by atoms with Crippen molar-refractivity contribution in [3.05, 3.63) is 39.3 Å². The SMILES string of the molecule is CC(C)CC(CN)NC(=O)c1cc2cc([N+](=O)[O-])ccc2s1. The van der Waals surface area contributed by atoms with Gasteiger partial charge in [-0.2, -0.15) is 0 Å². The van der Waals surface area contributed by atoms with E-state index in [9.17, 15) is 14.9 Å². The minimum Gasteiger partial charge on any atom is -0.347 e. The van der Waals surface area contributed by atoms with Gasteiger partial charge < -0.3 is 11.1 Å². The molecule has 0 spiro atoms. The highest BCUT2D eigenvalue weighted by atomic mass is 32.1. The summed E-state index contributed by atoms with van der Waals surface area (Å²) in [5.41, 5.74) is 5.71. The Labute approximate surface area is 132 Å². The van der Waals surface area contributed by atoms with Crippen molar-refractivity contribution in [3.8, 4) is 0 Å². The molecule has 0 aliphatic heterocycles. The predicted octanol–water partition coefficient (Wildman–Crippen LogP) is 2.91. The summed E-state index contributed by atoms with van der Waals surface area (Å²) in [4.78, 5) is 23.2. The zero-order valence-electron chi connectivity index (χ0n) is 12.5. The normalized spacial score (nSPS) is 12.5. The highest BCUT2D eigenvalue weighted by Gasteiger charge is 2.17. The first-order valence-corrected chi connectivity index (χ1v) is 7.91. The fourth-order valence-electron chi connectivity index (χ4n) is 2.30. The molecule has 1 aromatic heterocycles. The monoisotopic (exact) mass is 321 g/mol. The molecular weight excluding hydrogens is 302 g/mol. The Balaban J connectivity index is 2.19. The van der Waals surface area contributed by atoms with Gasteiger partial charge in [-0.3, -0.25) is 14.9 Å². The number of nitrogens with two attached hydrogens (primary N) is 1. The zero-order valence-corrected chi connectivity index (χ0v) is 13.4. The maximum atomic E-state index is 12.3. The summed E-state index contributed by atoms with van der Waals surface area (Å²) in [7, 11) is 0. The topological polar surface area (TPSA) is 98.3 Å². The Morgan fingerprint density at radius 1 is 1.41 bits per heavy atom. The van der Waals surface area contributed by atoms with Crippen LogP contribution in [0.5, 0.6) is 0 Å². The number of rotatable bonds is 6. The lowest BCUT2D eigenvalue weighted by Crippen LogP contribution is -2.40. The number of non-ortho nitro benzene ring substituents is 1. The van der Waals surface area contributed by atoms with Crippen LogP contribution >= 0.6 is 11.3 Å². The molecule has 118 valence electrons. The molecule has 22 heavy (non-hydrogen) atoms. The van der Waals surface area contributed by atoms with Crippen LogP contribution < -0.4 is 11.1 Å². The minimum atomic E-state index is -0.441. The zero-order chi connectivity index (χ0) is 16.3. The number of carbonyl (C=O) groups is 1. The van der Waals surface area contributed by atoms with Crippen molar-refractivity contribution in [3.63, 3.8) is 0 Å². The molecule has 1 amide bonds. The third-order valence-corrected chi connectivity index (χ3v) is 4.43. The number of hydrogen-bond donors (Lipinski definition) is 2. The van der Waals surface area contributed by atoms with Gasteiger partial charge in [0, 0.05) is 34.8 Å². The second-order valence-electron chi connectivity index (χ2n) is 5.63. The average Bonchev–Trinajstić information content (AvgIpc) is 2.88.